The summed E-state index contributed by atoms with van der Waals surface area (Å²) in [6, 6.07) is 13.3. The van der Waals surface area contributed by atoms with Crippen LogP contribution in [0.3, 0.4) is 0 Å². The van der Waals surface area contributed by atoms with Crippen LogP contribution >= 0.6 is 0 Å². The van der Waals surface area contributed by atoms with Gasteiger partial charge in [-0.05, 0) is 29.3 Å². The summed E-state index contributed by atoms with van der Waals surface area (Å²) in [5.41, 5.74) is 1.53. The van der Waals surface area contributed by atoms with Crippen LogP contribution in [0.4, 0.5) is 0 Å². The number of hydrogen-bond donors (Lipinski definition) is 2. The van der Waals surface area contributed by atoms with Gasteiger partial charge in [-0.2, -0.15) is 0 Å². The van der Waals surface area contributed by atoms with Crippen molar-refractivity contribution in [3.05, 3.63) is 54.1 Å². The number of phenols is 1. The second kappa shape index (κ2) is 4.06. The Balaban J connectivity index is 2.60. The van der Waals surface area contributed by atoms with Crippen LogP contribution in [0, 0.1) is 0 Å². The van der Waals surface area contributed by atoms with Gasteiger partial charge in [-0.15, -0.1) is 0 Å². The third-order valence-electron chi connectivity index (χ3n) is 2.31. The molecular weight excluding hydrogens is 204 g/mol. The van der Waals surface area contributed by atoms with Crippen molar-refractivity contribution >= 4 is 5.97 Å². The molecule has 0 spiro atoms. The number of carbonyl (C=O) groups is 1. The van der Waals surface area contributed by atoms with Crippen LogP contribution in [0.5, 0.6) is 5.75 Å². The van der Waals surface area contributed by atoms with Crippen molar-refractivity contribution in [2.24, 2.45) is 0 Å². The van der Waals surface area contributed by atoms with E-state index in [0.717, 1.165) is 0 Å². The Labute approximate surface area is 92.6 Å². The predicted octanol–water partition coefficient (Wildman–Crippen LogP) is 2.76. The molecule has 2 aromatic carbocycles. The maximum Gasteiger partial charge on any atom is 0.336 e. The minimum atomic E-state index is -0.973. The van der Waals surface area contributed by atoms with Gasteiger partial charge in [0.05, 0.1) is 5.56 Å². The van der Waals surface area contributed by atoms with Gasteiger partial charge in [0.15, 0.2) is 0 Å². The Morgan fingerprint density at radius 1 is 1.00 bits per heavy atom. The number of carboxylic acid groups (broad SMARTS) is 1. The zero-order valence-corrected chi connectivity index (χ0v) is 8.42. The molecule has 16 heavy (non-hydrogen) atoms. The van der Waals surface area contributed by atoms with Crippen LogP contribution < -0.4 is 0 Å². The van der Waals surface area contributed by atoms with E-state index in [1.807, 2.05) is 0 Å². The fourth-order valence-corrected chi connectivity index (χ4v) is 1.59. The van der Waals surface area contributed by atoms with Crippen molar-refractivity contribution in [3.63, 3.8) is 0 Å². The van der Waals surface area contributed by atoms with Crippen molar-refractivity contribution < 1.29 is 15.0 Å². The fraction of sp³-hybridized carbons (Fsp3) is 0. The van der Waals surface area contributed by atoms with Gasteiger partial charge in [0, 0.05) is 0 Å². The molecule has 2 aromatic rings. The summed E-state index contributed by atoms with van der Waals surface area (Å²) in [7, 11) is 0. The van der Waals surface area contributed by atoms with Crippen LogP contribution in [0.2, 0.25) is 0 Å². The van der Waals surface area contributed by atoms with E-state index >= 15 is 0 Å². The molecule has 0 aromatic heterocycles. The van der Waals surface area contributed by atoms with E-state index in [4.69, 9.17) is 5.11 Å². The number of carboxylic acids is 1. The molecule has 0 saturated carbocycles. The number of aromatic hydroxyl groups is 1. The van der Waals surface area contributed by atoms with Gasteiger partial charge >= 0.3 is 5.97 Å². The molecule has 0 fully saturated rings. The van der Waals surface area contributed by atoms with Crippen LogP contribution in [-0.4, -0.2) is 16.2 Å². The Hall–Kier alpha value is -2.29. The Morgan fingerprint density at radius 2 is 1.75 bits per heavy atom. The molecule has 0 atom stereocenters. The average molecular weight is 214 g/mol. The van der Waals surface area contributed by atoms with Crippen LogP contribution in [0.15, 0.2) is 48.5 Å². The van der Waals surface area contributed by atoms with Gasteiger partial charge in [0.2, 0.25) is 0 Å². The molecule has 0 aliphatic heterocycles. The molecule has 0 bridgehead atoms. The third-order valence-corrected chi connectivity index (χ3v) is 2.31. The molecular formula is C13H10O3. The largest absolute Gasteiger partial charge is 0.508 e. The van der Waals surface area contributed by atoms with E-state index in [2.05, 4.69) is 0 Å². The lowest BCUT2D eigenvalue weighted by Crippen LogP contribution is -1.98. The van der Waals surface area contributed by atoms with Crippen molar-refractivity contribution in [3.8, 4) is 16.9 Å². The fourth-order valence-electron chi connectivity index (χ4n) is 1.59. The minimum Gasteiger partial charge on any atom is -0.508 e. The zero-order chi connectivity index (χ0) is 11.5. The zero-order valence-electron chi connectivity index (χ0n) is 8.42. The van der Waals surface area contributed by atoms with Gasteiger partial charge in [0.1, 0.15) is 5.75 Å². The monoisotopic (exact) mass is 214 g/mol. The molecule has 3 nitrogen and oxygen atoms in total. The summed E-state index contributed by atoms with van der Waals surface area (Å²) < 4.78 is 0. The van der Waals surface area contributed by atoms with Crippen LogP contribution in [-0.2, 0) is 0 Å². The standard InChI is InChI=1S/C13H10O3/c14-10-5-3-4-9(8-10)11-6-1-2-7-12(11)13(15)16/h1-8,14H,(H,15,16). The van der Waals surface area contributed by atoms with Crippen LogP contribution in [0.25, 0.3) is 11.1 Å². The van der Waals surface area contributed by atoms with E-state index in [0.29, 0.717) is 11.1 Å². The summed E-state index contributed by atoms with van der Waals surface area (Å²) in [5.74, 6) is -0.850. The normalized spacial score (nSPS) is 10.0. The molecule has 0 saturated heterocycles. The highest BCUT2D eigenvalue weighted by atomic mass is 16.4. The van der Waals surface area contributed by atoms with Gasteiger partial charge in [-0.25, -0.2) is 4.79 Å². The first-order chi connectivity index (χ1) is 7.68. The molecule has 2 N–H and O–H groups in total. The lowest BCUT2D eigenvalue weighted by atomic mass is 10.00. The molecule has 0 heterocycles. The van der Waals surface area contributed by atoms with Crippen molar-refractivity contribution in [2.45, 2.75) is 0 Å². The average Bonchev–Trinajstić information content (AvgIpc) is 2.29. The van der Waals surface area contributed by atoms with E-state index < -0.39 is 5.97 Å². The number of rotatable bonds is 2. The highest BCUT2D eigenvalue weighted by Crippen LogP contribution is 2.26. The molecule has 0 amide bonds. The number of aromatic carboxylic acids is 1. The SMILES string of the molecule is O=C(O)c1ccccc1-c1cccc(O)c1. The Kier molecular flexibility index (Phi) is 2.60. The van der Waals surface area contributed by atoms with E-state index in [-0.39, 0.29) is 11.3 Å². The summed E-state index contributed by atoms with van der Waals surface area (Å²) in [6.45, 7) is 0. The molecule has 0 aliphatic rings. The van der Waals surface area contributed by atoms with Gasteiger partial charge in [-0.3, -0.25) is 0 Å². The summed E-state index contributed by atoms with van der Waals surface area (Å²) in [5, 5.41) is 18.4. The highest BCUT2D eigenvalue weighted by Gasteiger charge is 2.10. The van der Waals surface area contributed by atoms with Crippen molar-refractivity contribution in [1.29, 1.82) is 0 Å². The van der Waals surface area contributed by atoms with E-state index in [1.165, 1.54) is 0 Å². The molecule has 0 radical (unpaired) electrons. The van der Waals surface area contributed by atoms with Crippen LogP contribution in [0.1, 0.15) is 10.4 Å². The second-order valence-corrected chi connectivity index (χ2v) is 3.40. The van der Waals surface area contributed by atoms with Gasteiger partial charge < -0.3 is 10.2 Å². The van der Waals surface area contributed by atoms with E-state index in [9.17, 15) is 9.90 Å². The first-order valence-electron chi connectivity index (χ1n) is 4.80. The number of hydrogen-bond acceptors (Lipinski definition) is 2. The topological polar surface area (TPSA) is 57.5 Å². The third kappa shape index (κ3) is 1.88. The lowest BCUT2D eigenvalue weighted by molar-refractivity contribution is 0.0697. The second-order valence-electron chi connectivity index (χ2n) is 3.40. The molecule has 2 rings (SSSR count). The quantitative estimate of drug-likeness (QED) is 0.808. The highest BCUT2D eigenvalue weighted by molar-refractivity contribution is 5.96. The molecule has 80 valence electrons. The van der Waals surface area contributed by atoms with E-state index in [1.54, 1.807) is 48.5 Å². The first kappa shape index (κ1) is 10.2. The molecule has 0 aliphatic carbocycles. The summed E-state index contributed by atoms with van der Waals surface area (Å²) in [6.07, 6.45) is 0. The van der Waals surface area contributed by atoms with Gasteiger partial charge in [0.25, 0.3) is 0 Å². The maximum atomic E-state index is 11.0. The first-order valence-corrected chi connectivity index (χ1v) is 4.80. The summed E-state index contributed by atoms with van der Waals surface area (Å²) >= 11 is 0. The number of benzene rings is 2. The molecule has 3 heteroatoms. The predicted molar refractivity (Wildman–Crippen MR) is 60.5 cm³/mol. The smallest absolute Gasteiger partial charge is 0.336 e. The summed E-state index contributed by atoms with van der Waals surface area (Å²) in [4.78, 5) is 11.0. The Morgan fingerprint density at radius 3 is 2.44 bits per heavy atom. The molecule has 0 unspecified atom stereocenters. The number of phenolic OH excluding ortho intramolecular Hbond substituents is 1. The lowest BCUT2D eigenvalue weighted by Gasteiger charge is -2.06. The minimum absolute atomic E-state index is 0.123. The maximum absolute atomic E-state index is 11.0. The van der Waals surface area contributed by atoms with Crippen molar-refractivity contribution in [1.82, 2.24) is 0 Å². The van der Waals surface area contributed by atoms with Crippen molar-refractivity contribution in [2.75, 3.05) is 0 Å². The Bertz CT molecular complexity index is 532. The van der Waals surface area contributed by atoms with Gasteiger partial charge in [-0.1, -0.05) is 30.3 Å².